The molecule has 0 bridgehead atoms. The summed E-state index contributed by atoms with van der Waals surface area (Å²) >= 11 is 1.63. The molecular formula is C14H20N2O2S. The van der Waals surface area contributed by atoms with Crippen LogP contribution in [0.1, 0.15) is 31.2 Å². The average Bonchev–Trinajstić information content (AvgIpc) is 2.81. The normalized spacial score (nSPS) is 16.3. The molecule has 0 spiro atoms. The Morgan fingerprint density at radius 1 is 1.42 bits per heavy atom. The molecule has 0 unspecified atom stereocenters. The van der Waals surface area contributed by atoms with Gasteiger partial charge in [-0.15, -0.1) is 0 Å². The predicted octanol–water partition coefficient (Wildman–Crippen LogP) is 2.11. The maximum Gasteiger partial charge on any atom is 0.242 e. The summed E-state index contributed by atoms with van der Waals surface area (Å²) < 4.78 is 0. The predicted molar refractivity (Wildman–Crippen MR) is 75.8 cm³/mol. The fraction of sp³-hybridized carbons (Fsp3) is 0.571. The minimum atomic E-state index is 0.0152. The highest BCUT2D eigenvalue weighted by Crippen LogP contribution is 2.12. The number of amides is 2. The lowest BCUT2D eigenvalue weighted by atomic mass is 10.2. The van der Waals surface area contributed by atoms with Crippen LogP contribution in [0.4, 0.5) is 0 Å². The van der Waals surface area contributed by atoms with Crippen LogP contribution in [0.2, 0.25) is 0 Å². The molecule has 1 aliphatic heterocycles. The highest BCUT2D eigenvalue weighted by molar-refractivity contribution is 7.07. The van der Waals surface area contributed by atoms with Gasteiger partial charge in [-0.2, -0.15) is 11.3 Å². The van der Waals surface area contributed by atoms with Crippen LogP contribution in [-0.2, 0) is 16.1 Å². The van der Waals surface area contributed by atoms with Crippen LogP contribution >= 0.6 is 11.3 Å². The molecule has 1 aliphatic rings. The van der Waals surface area contributed by atoms with Crippen LogP contribution in [-0.4, -0.2) is 41.8 Å². The van der Waals surface area contributed by atoms with E-state index in [0.717, 1.165) is 31.4 Å². The fourth-order valence-electron chi connectivity index (χ4n) is 2.23. The highest BCUT2D eigenvalue weighted by atomic mass is 32.1. The van der Waals surface area contributed by atoms with Gasteiger partial charge in [-0.25, -0.2) is 0 Å². The van der Waals surface area contributed by atoms with E-state index in [2.05, 4.69) is 0 Å². The van der Waals surface area contributed by atoms with Crippen LogP contribution in [0.3, 0.4) is 0 Å². The van der Waals surface area contributed by atoms with Gasteiger partial charge in [-0.3, -0.25) is 9.59 Å². The zero-order valence-corrected chi connectivity index (χ0v) is 12.1. The number of carbonyl (C=O) groups is 2. The number of rotatable bonds is 4. The Balaban J connectivity index is 1.86. The molecule has 1 aromatic rings. The average molecular weight is 280 g/mol. The molecule has 1 saturated heterocycles. The largest absolute Gasteiger partial charge is 0.340 e. The summed E-state index contributed by atoms with van der Waals surface area (Å²) in [7, 11) is 1.79. The molecule has 19 heavy (non-hydrogen) atoms. The van der Waals surface area contributed by atoms with Gasteiger partial charge in [0, 0.05) is 26.6 Å². The molecule has 0 radical (unpaired) electrons. The van der Waals surface area contributed by atoms with Gasteiger partial charge in [-0.05, 0) is 35.2 Å². The zero-order chi connectivity index (χ0) is 13.7. The molecule has 2 heterocycles. The van der Waals surface area contributed by atoms with Crippen LogP contribution < -0.4 is 0 Å². The Hall–Kier alpha value is -1.36. The topological polar surface area (TPSA) is 40.6 Å². The van der Waals surface area contributed by atoms with Crippen molar-refractivity contribution in [3.8, 4) is 0 Å². The highest BCUT2D eigenvalue weighted by Gasteiger charge is 2.20. The summed E-state index contributed by atoms with van der Waals surface area (Å²) in [5, 5.41) is 4.05. The molecule has 1 fully saturated rings. The van der Waals surface area contributed by atoms with Crippen molar-refractivity contribution in [3.05, 3.63) is 22.4 Å². The second-order valence-electron chi connectivity index (χ2n) is 5.01. The zero-order valence-electron chi connectivity index (χ0n) is 11.3. The van der Waals surface area contributed by atoms with E-state index in [0.29, 0.717) is 13.0 Å². The lowest BCUT2D eigenvalue weighted by Gasteiger charge is -2.23. The molecule has 2 rings (SSSR count). The van der Waals surface area contributed by atoms with Crippen molar-refractivity contribution >= 4 is 23.2 Å². The first-order chi connectivity index (χ1) is 9.16. The summed E-state index contributed by atoms with van der Waals surface area (Å²) in [6.45, 7) is 1.56. The molecule has 0 aromatic carbocycles. The van der Waals surface area contributed by atoms with Crippen LogP contribution in [0.25, 0.3) is 0 Å². The molecule has 5 heteroatoms. The summed E-state index contributed by atoms with van der Waals surface area (Å²) in [6.07, 6.45) is 3.63. The van der Waals surface area contributed by atoms with Crippen molar-refractivity contribution in [3.63, 3.8) is 0 Å². The Morgan fingerprint density at radius 2 is 2.26 bits per heavy atom. The first kappa shape index (κ1) is 14.1. The van der Waals surface area contributed by atoms with E-state index in [-0.39, 0.29) is 18.4 Å². The van der Waals surface area contributed by atoms with E-state index in [1.54, 1.807) is 28.2 Å². The standard InChI is InChI=1S/C14H20N2O2S/c1-15(9-12-6-8-19-11-12)14(18)10-16-7-4-2-3-5-13(16)17/h6,8,11H,2-5,7,9-10H2,1H3. The molecule has 2 amide bonds. The van der Waals surface area contributed by atoms with Crippen LogP contribution in [0.5, 0.6) is 0 Å². The van der Waals surface area contributed by atoms with Gasteiger partial charge < -0.3 is 9.80 Å². The van der Waals surface area contributed by atoms with Gasteiger partial charge in [0.1, 0.15) is 0 Å². The number of likely N-dealkylation sites (N-methyl/N-ethyl adjacent to an activating group) is 1. The lowest BCUT2D eigenvalue weighted by Crippen LogP contribution is -2.41. The third-order valence-corrected chi connectivity index (χ3v) is 4.16. The van der Waals surface area contributed by atoms with Crippen molar-refractivity contribution in [2.45, 2.75) is 32.2 Å². The number of thiophene rings is 1. The summed E-state index contributed by atoms with van der Waals surface area (Å²) in [4.78, 5) is 27.4. The van der Waals surface area contributed by atoms with Crippen LogP contribution in [0, 0.1) is 0 Å². The number of carbonyl (C=O) groups excluding carboxylic acids is 2. The Labute approximate surface area is 118 Å². The van der Waals surface area contributed by atoms with Crippen molar-refractivity contribution in [2.24, 2.45) is 0 Å². The number of likely N-dealkylation sites (tertiary alicyclic amines) is 1. The van der Waals surface area contributed by atoms with Gasteiger partial charge in [0.05, 0.1) is 6.54 Å². The van der Waals surface area contributed by atoms with E-state index in [4.69, 9.17) is 0 Å². The molecule has 0 atom stereocenters. The molecule has 0 saturated carbocycles. The first-order valence-electron chi connectivity index (χ1n) is 6.69. The van der Waals surface area contributed by atoms with Gasteiger partial charge in [0.25, 0.3) is 0 Å². The molecular weight excluding hydrogens is 260 g/mol. The molecule has 104 valence electrons. The molecule has 1 aromatic heterocycles. The monoisotopic (exact) mass is 280 g/mol. The SMILES string of the molecule is CN(Cc1ccsc1)C(=O)CN1CCCCCC1=O. The second-order valence-corrected chi connectivity index (χ2v) is 5.79. The van der Waals surface area contributed by atoms with Gasteiger partial charge >= 0.3 is 0 Å². The molecule has 0 N–H and O–H groups in total. The molecule has 0 aliphatic carbocycles. The van der Waals surface area contributed by atoms with Crippen LogP contribution in [0.15, 0.2) is 16.8 Å². The first-order valence-corrected chi connectivity index (χ1v) is 7.64. The maximum absolute atomic E-state index is 12.1. The van der Waals surface area contributed by atoms with E-state index in [1.165, 1.54) is 0 Å². The third-order valence-electron chi connectivity index (χ3n) is 3.42. The number of hydrogen-bond donors (Lipinski definition) is 0. The Bertz CT molecular complexity index is 431. The van der Waals surface area contributed by atoms with E-state index in [9.17, 15) is 9.59 Å². The minimum absolute atomic E-state index is 0.0152. The van der Waals surface area contributed by atoms with Crippen molar-refractivity contribution < 1.29 is 9.59 Å². The number of nitrogens with zero attached hydrogens (tertiary/aromatic N) is 2. The van der Waals surface area contributed by atoms with Crippen molar-refractivity contribution in [1.29, 1.82) is 0 Å². The summed E-state index contributed by atoms with van der Waals surface area (Å²) in [6, 6.07) is 2.02. The van der Waals surface area contributed by atoms with Crippen molar-refractivity contribution in [2.75, 3.05) is 20.1 Å². The minimum Gasteiger partial charge on any atom is -0.340 e. The smallest absolute Gasteiger partial charge is 0.242 e. The Morgan fingerprint density at radius 3 is 3.00 bits per heavy atom. The third kappa shape index (κ3) is 4.06. The van der Waals surface area contributed by atoms with Gasteiger partial charge in [-0.1, -0.05) is 6.42 Å². The quantitative estimate of drug-likeness (QED) is 0.847. The lowest BCUT2D eigenvalue weighted by molar-refractivity contribution is -0.139. The fourth-order valence-corrected chi connectivity index (χ4v) is 2.89. The summed E-state index contributed by atoms with van der Waals surface area (Å²) in [5.41, 5.74) is 1.14. The molecule has 4 nitrogen and oxygen atoms in total. The second kappa shape index (κ2) is 6.70. The Kier molecular flexibility index (Phi) is 4.96. The van der Waals surface area contributed by atoms with Gasteiger partial charge in [0.15, 0.2) is 0 Å². The van der Waals surface area contributed by atoms with E-state index in [1.807, 2.05) is 16.8 Å². The number of hydrogen-bond acceptors (Lipinski definition) is 3. The van der Waals surface area contributed by atoms with E-state index >= 15 is 0 Å². The van der Waals surface area contributed by atoms with E-state index < -0.39 is 0 Å². The van der Waals surface area contributed by atoms with Gasteiger partial charge in [0.2, 0.25) is 11.8 Å². The van der Waals surface area contributed by atoms with Crippen molar-refractivity contribution in [1.82, 2.24) is 9.80 Å². The maximum atomic E-state index is 12.1. The summed E-state index contributed by atoms with van der Waals surface area (Å²) in [5.74, 6) is 0.135.